The zero-order chi connectivity index (χ0) is 15.5. The maximum Gasteiger partial charge on any atom is 0.137 e. The molecule has 0 amide bonds. The minimum Gasteiger partial charge on any atom is -0.369 e. The number of halogens is 1. The number of likely N-dealkylation sites (tertiary alicyclic amines) is 1. The smallest absolute Gasteiger partial charge is 0.137 e. The molecule has 1 saturated heterocycles. The van der Waals surface area contributed by atoms with E-state index < -0.39 is 0 Å². The summed E-state index contributed by atoms with van der Waals surface area (Å²) in [5.74, 6) is 1.74. The zero-order valence-corrected chi connectivity index (χ0v) is 14.4. The molecule has 1 aliphatic rings. The van der Waals surface area contributed by atoms with Crippen LogP contribution in [0.15, 0.2) is 0 Å². The van der Waals surface area contributed by atoms with Gasteiger partial charge >= 0.3 is 0 Å². The Bertz CT molecular complexity index is 481. The number of rotatable bonds is 5. The topological polar surface area (TPSA) is 41.1 Å². The number of hydrogen-bond acceptors (Lipinski definition) is 4. The van der Waals surface area contributed by atoms with Crippen molar-refractivity contribution in [1.82, 2.24) is 14.9 Å². The number of aromatic nitrogens is 2. The minimum absolute atomic E-state index is 0.335. The summed E-state index contributed by atoms with van der Waals surface area (Å²) in [5.41, 5.74) is 1.29. The first-order chi connectivity index (χ1) is 9.93. The van der Waals surface area contributed by atoms with Crippen LogP contribution in [0.2, 0.25) is 5.15 Å². The number of nitrogens with one attached hydrogen (secondary N) is 1. The van der Waals surface area contributed by atoms with Crippen LogP contribution >= 0.6 is 11.6 Å². The van der Waals surface area contributed by atoms with Gasteiger partial charge in [-0.2, -0.15) is 0 Å². The van der Waals surface area contributed by atoms with Gasteiger partial charge in [-0.25, -0.2) is 9.97 Å². The van der Waals surface area contributed by atoms with Crippen LogP contribution in [0.4, 0.5) is 5.82 Å². The molecule has 0 bridgehead atoms. The SMILES string of the molecule is CCCc1nc(Cl)c(C)c(NCC2(C)CCN(C)CC2)n1. The Morgan fingerprint density at radius 3 is 2.57 bits per heavy atom. The average molecular weight is 311 g/mol. The quantitative estimate of drug-likeness (QED) is 0.845. The normalized spacial score (nSPS) is 18.7. The molecule has 1 aliphatic heterocycles. The van der Waals surface area contributed by atoms with Crippen molar-refractivity contribution < 1.29 is 0 Å². The Hall–Kier alpha value is -0.870. The largest absolute Gasteiger partial charge is 0.369 e. The molecule has 0 radical (unpaired) electrons. The van der Waals surface area contributed by atoms with Gasteiger partial charge in [-0.15, -0.1) is 0 Å². The first-order valence-corrected chi connectivity index (χ1v) is 8.27. The van der Waals surface area contributed by atoms with Gasteiger partial charge in [0, 0.05) is 18.5 Å². The molecule has 0 atom stereocenters. The standard InChI is InChI=1S/C16H27ClN4/c1-5-6-13-19-14(17)12(2)15(20-13)18-11-16(3)7-9-21(4)10-8-16/h5-11H2,1-4H3,(H,18,19,20). The van der Waals surface area contributed by atoms with Gasteiger partial charge in [0.25, 0.3) is 0 Å². The van der Waals surface area contributed by atoms with E-state index in [9.17, 15) is 0 Å². The van der Waals surface area contributed by atoms with Crippen LogP contribution in [-0.2, 0) is 6.42 Å². The lowest BCUT2D eigenvalue weighted by Gasteiger charge is -2.38. The Labute approximate surface area is 133 Å². The fourth-order valence-corrected chi connectivity index (χ4v) is 2.86. The van der Waals surface area contributed by atoms with E-state index in [1.54, 1.807) is 0 Å². The summed E-state index contributed by atoms with van der Waals surface area (Å²) < 4.78 is 0. The second kappa shape index (κ2) is 6.93. The van der Waals surface area contributed by atoms with Crippen LogP contribution < -0.4 is 5.32 Å². The van der Waals surface area contributed by atoms with Crippen LogP contribution in [0.1, 0.15) is 44.5 Å². The zero-order valence-electron chi connectivity index (χ0n) is 13.7. The molecule has 5 heteroatoms. The van der Waals surface area contributed by atoms with E-state index in [-0.39, 0.29) is 0 Å². The molecule has 1 aromatic heterocycles. The Morgan fingerprint density at radius 2 is 1.95 bits per heavy atom. The van der Waals surface area contributed by atoms with Crippen LogP contribution in [0, 0.1) is 12.3 Å². The van der Waals surface area contributed by atoms with E-state index in [1.807, 2.05) is 6.92 Å². The molecule has 118 valence electrons. The van der Waals surface area contributed by atoms with Crippen LogP contribution in [-0.4, -0.2) is 41.5 Å². The van der Waals surface area contributed by atoms with Gasteiger partial charge in [-0.3, -0.25) is 0 Å². The molecular formula is C16H27ClN4. The molecule has 0 aromatic carbocycles. The highest BCUT2D eigenvalue weighted by Gasteiger charge is 2.29. The van der Waals surface area contributed by atoms with Gasteiger partial charge in [-0.1, -0.05) is 25.4 Å². The van der Waals surface area contributed by atoms with Crippen molar-refractivity contribution in [3.8, 4) is 0 Å². The van der Waals surface area contributed by atoms with Gasteiger partial charge in [0.05, 0.1) is 0 Å². The third kappa shape index (κ3) is 4.30. The Balaban J connectivity index is 2.05. The van der Waals surface area contributed by atoms with Crippen LogP contribution in [0.5, 0.6) is 0 Å². The van der Waals surface area contributed by atoms with Crippen molar-refractivity contribution in [3.63, 3.8) is 0 Å². The summed E-state index contributed by atoms with van der Waals surface area (Å²) in [6.45, 7) is 9.76. The molecule has 1 fully saturated rings. The molecule has 21 heavy (non-hydrogen) atoms. The molecule has 0 saturated carbocycles. The van der Waals surface area contributed by atoms with Crippen molar-refractivity contribution in [2.24, 2.45) is 5.41 Å². The number of hydrogen-bond donors (Lipinski definition) is 1. The summed E-state index contributed by atoms with van der Waals surface area (Å²) in [5, 5.41) is 4.10. The fraction of sp³-hybridized carbons (Fsp3) is 0.750. The molecule has 1 aromatic rings. The van der Waals surface area contributed by atoms with Crippen molar-refractivity contribution in [1.29, 1.82) is 0 Å². The lowest BCUT2D eigenvalue weighted by Crippen LogP contribution is -2.40. The molecule has 1 N–H and O–H groups in total. The second-order valence-electron chi connectivity index (χ2n) is 6.62. The van der Waals surface area contributed by atoms with Gasteiger partial charge in [0.1, 0.15) is 16.8 Å². The highest BCUT2D eigenvalue weighted by molar-refractivity contribution is 6.30. The number of nitrogens with zero attached hydrogens (tertiary/aromatic N) is 3. The molecule has 2 rings (SSSR count). The Morgan fingerprint density at radius 1 is 1.29 bits per heavy atom. The maximum atomic E-state index is 6.23. The number of aryl methyl sites for hydroxylation is 1. The van der Waals surface area contributed by atoms with Crippen molar-refractivity contribution in [2.45, 2.75) is 46.5 Å². The average Bonchev–Trinajstić information content (AvgIpc) is 2.45. The lowest BCUT2D eigenvalue weighted by molar-refractivity contribution is 0.150. The van der Waals surface area contributed by atoms with E-state index in [0.29, 0.717) is 10.6 Å². The summed E-state index contributed by atoms with van der Waals surface area (Å²) in [6, 6.07) is 0. The van der Waals surface area contributed by atoms with E-state index in [0.717, 1.165) is 36.6 Å². The third-order valence-corrected chi connectivity index (χ3v) is 4.85. The second-order valence-corrected chi connectivity index (χ2v) is 6.98. The van der Waals surface area contributed by atoms with Gasteiger partial charge in [-0.05, 0) is 51.7 Å². The van der Waals surface area contributed by atoms with Crippen molar-refractivity contribution in [2.75, 3.05) is 32.0 Å². The lowest BCUT2D eigenvalue weighted by atomic mass is 9.80. The number of piperidine rings is 1. The number of anilines is 1. The molecule has 2 heterocycles. The summed E-state index contributed by atoms with van der Waals surface area (Å²) in [4.78, 5) is 11.4. The van der Waals surface area contributed by atoms with Gasteiger partial charge in [0.15, 0.2) is 0 Å². The predicted molar refractivity (Wildman–Crippen MR) is 89.1 cm³/mol. The summed E-state index contributed by atoms with van der Waals surface area (Å²) in [7, 11) is 2.19. The fourth-order valence-electron chi connectivity index (χ4n) is 2.67. The van der Waals surface area contributed by atoms with Gasteiger partial charge < -0.3 is 10.2 Å². The van der Waals surface area contributed by atoms with E-state index >= 15 is 0 Å². The first kappa shape index (κ1) is 16.5. The van der Waals surface area contributed by atoms with Gasteiger partial charge in [0.2, 0.25) is 0 Å². The summed E-state index contributed by atoms with van der Waals surface area (Å²) >= 11 is 6.23. The molecular weight excluding hydrogens is 284 g/mol. The molecule has 0 spiro atoms. The first-order valence-electron chi connectivity index (χ1n) is 7.89. The summed E-state index contributed by atoms with van der Waals surface area (Å²) in [6.07, 6.45) is 4.34. The molecule has 4 nitrogen and oxygen atoms in total. The highest BCUT2D eigenvalue weighted by atomic mass is 35.5. The van der Waals surface area contributed by atoms with Crippen LogP contribution in [0.25, 0.3) is 0 Å². The van der Waals surface area contributed by atoms with E-state index in [2.05, 4.69) is 41.1 Å². The third-order valence-electron chi connectivity index (χ3n) is 4.48. The van der Waals surface area contributed by atoms with Crippen molar-refractivity contribution in [3.05, 3.63) is 16.5 Å². The maximum absolute atomic E-state index is 6.23. The van der Waals surface area contributed by atoms with E-state index in [1.165, 1.54) is 25.9 Å². The van der Waals surface area contributed by atoms with E-state index in [4.69, 9.17) is 11.6 Å². The molecule has 0 unspecified atom stereocenters. The highest BCUT2D eigenvalue weighted by Crippen LogP contribution is 2.31. The van der Waals surface area contributed by atoms with Crippen LogP contribution in [0.3, 0.4) is 0 Å². The minimum atomic E-state index is 0.335. The Kier molecular flexibility index (Phi) is 5.44. The predicted octanol–water partition coefficient (Wildman–Crippen LogP) is 3.53. The van der Waals surface area contributed by atoms with Crippen molar-refractivity contribution >= 4 is 17.4 Å². The monoisotopic (exact) mass is 310 g/mol. The molecule has 0 aliphatic carbocycles.